The third kappa shape index (κ3) is 2.16. The lowest BCUT2D eigenvalue weighted by atomic mass is 9.83. The van der Waals surface area contributed by atoms with Crippen LogP contribution in [0.5, 0.6) is 0 Å². The van der Waals surface area contributed by atoms with Gasteiger partial charge in [-0.1, -0.05) is 19.9 Å². The molecule has 0 radical (unpaired) electrons. The van der Waals surface area contributed by atoms with Crippen LogP contribution in [0.4, 0.5) is 0 Å². The van der Waals surface area contributed by atoms with Crippen molar-refractivity contribution in [1.29, 1.82) is 0 Å². The summed E-state index contributed by atoms with van der Waals surface area (Å²) in [6.45, 7) is 7.47. The van der Waals surface area contributed by atoms with E-state index in [0.29, 0.717) is 11.5 Å². The second-order valence-corrected chi connectivity index (χ2v) is 5.47. The van der Waals surface area contributed by atoms with Gasteiger partial charge in [-0.3, -0.25) is 0 Å². The van der Waals surface area contributed by atoms with Crippen LogP contribution in [0.3, 0.4) is 0 Å². The van der Waals surface area contributed by atoms with Crippen LogP contribution in [-0.4, -0.2) is 12.1 Å². The molecule has 0 aromatic rings. The molecule has 0 saturated heterocycles. The van der Waals surface area contributed by atoms with Gasteiger partial charge in [0.15, 0.2) is 0 Å². The van der Waals surface area contributed by atoms with Gasteiger partial charge in [-0.05, 0) is 50.4 Å². The predicted octanol–water partition coefficient (Wildman–Crippen LogP) is 3.32. The summed E-state index contributed by atoms with van der Waals surface area (Å²) in [7, 11) is 0. The summed E-state index contributed by atoms with van der Waals surface area (Å²) in [5, 5.41) is 0. The van der Waals surface area contributed by atoms with Crippen LogP contribution >= 0.6 is 0 Å². The second kappa shape index (κ2) is 4.60. The SMILES string of the molecule is C=C(C)C(=O)OC(CC)C1CC2CCC1C2. The molecule has 0 heterocycles. The largest absolute Gasteiger partial charge is 0.459 e. The minimum Gasteiger partial charge on any atom is -0.459 e. The third-order valence-corrected chi connectivity index (χ3v) is 4.28. The van der Waals surface area contributed by atoms with E-state index in [1.165, 1.54) is 25.7 Å². The molecule has 4 atom stereocenters. The molecule has 2 saturated carbocycles. The molecular formula is C14H22O2. The number of hydrogen-bond acceptors (Lipinski definition) is 2. The Morgan fingerprint density at radius 1 is 1.44 bits per heavy atom. The zero-order valence-corrected chi connectivity index (χ0v) is 10.4. The summed E-state index contributed by atoms with van der Waals surface area (Å²) in [6.07, 6.45) is 6.44. The lowest BCUT2D eigenvalue weighted by Crippen LogP contribution is -2.30. The van der Waals surface area contributed by atoms with Crippen molar-refractivity contribution in [2.45, 2.75) is 52.1 Å². The van der Waals surface area contributed by atoms with Gasteiger partial charge in [-0.2, -0.15) is 0 Å². The van der Waals surface area contributed by atoms with E-state index in [1.807, 2.05) is 0 Å². The van der Waals surface area contributed by atoms with Crippen molar-refractivity contribution in [1.82, 2.24) is 0 Å². The summed E-state index contributed by atoms with van der Waals surface area (Å²) in [4.78, 5) is 11.6. The molecule has 16 heavy (non-hydrogen) atoms. The molecule has 2 nitrogen and oxygen atoms in total. The first-order valence-corrected chi connectivity index (χ1v) is 6.48. The van der Waals surface area contributed by atoms with Crippen molar-refractivity contribution in [3.05, 3.63) is 12.2 Å². The fourth-order valence-corrected chi connectivity index (χ4v) is 3.46. The number of esters is 1. The van der Waals surface area contributed by atoms with Crippen LogP contribution in [0.25, 0.3) is 0 Å². The van der Waals surface area contributed by atoms with Crippen molar-refractivity contribution < 1.29 is 9.53 Å². The van der Waals surface area contributed by atoms with E-state index in [1.54, 1.807) is 6.92 Å². The van der Waals surface area contributed by atoms with Crippen LogP contribution in [0.15, 0.2) is 12.2 Å². The quantitative estimate of drug-likeness (QED) is 0.539. The van der Waals surface area contributed by atoms with E-state index >= 15 is 0 Å². The maximum absolute atomic E-state index is 11.6. The molecule has 2 bridgehead atoms. The van der Waals surface area contributed by atoms with E-state index in [9.17, 15) is 4.79 Å². The Morgan fingerprint density at radius 3 is 2.62 bits per heavy atom. The summed E-state index contributed by atoms with van der Waals surface area (Å²) in [5.41, 5.74) is 0.515. The Hall–Kier alpha value is -0.790. The van der Waals surface area contributed by atoms with Gasteiger partial charge in [0.25, 0.3) is 0 Å². The first-order valence-electron chi connectivity index (χ1n) is 6.48. The van der Waals surface area contributed by atoms with Crippen molar-refractivity contribution in [3.8, 4) is 0 Å². The van der Waals surface area contributed by atoms with E-state index in [-0.39, 0.29) is 12.1 Å². The first kappa shape index (κ1) is 11.7. The van der Waals surface area contributed by atoms with E-state index in [0.717, 1.165) is 18.3 Å². The van der Waals surface area contributed by atoms with Gasteiger partial charge in [0, 0.05) is 5.57 Å². The van der Waals surface area contributed by atoms with Crippen molar-refractivity contribution in [3.63, 3.8) is 0 Å². The summed E-state index contributed by atoms with van der Waals surface area (Å²) >= 11 is 0. The number of ether oxygens (including phenoxy) is 1. The summed E-state index contributed by atoms with van der Waals surface area (Å²) in [6, 6.07) is 0. The molecule has 0 aromatic carbocycles. The van der Waals surface area contributed by atoms with Gasteiger partial charge in [-0.25, -0.2) is 4.79 Å². The fourth-order valence-electron chi connectivity index (χ4n) is 3.46. The molecule has 2 aliphatic rings. The highest BCUT2D eigenvalue weighted by Crippen LogP contribution is 2.50. The molecule has 0 N–H and O–H groups in total. The topological polar surface area (TPSA) is 26.3 Å². The van der Waals surface area contributed by atoms with Crippen molar-refractivity contribution in [2.24, 2.45) is 17.8 Å². The fraction of sp³-hybridized carbons (Fsp3) is 0.786. The molecule has 2 aliphatic carbocycles. The lowest BCUT2D eigenvalue weighted by Gasteiger charge is -2.29. The molecule has 0 spiro atoms. The van der Waals surface area contributed by atoms with Gasteiger partial charge in [0.2, 0.25) is 0 Å². The molecule has 0 aliphatic heterocycles. The smallest absolute Gasteiger partial charge is 0.333 e. The predicted molar refractivity (Wildman–Crippen MR) is 63.9 cm³/mol. The highest BCUT2D eigenvalue weighted by atomic mass is 16.5. The number of fused-ring (bicyclic) bond motifs is 2. The molecule has 2 heteroatoms. The average Bonchev–Trinajstić information content (AvgIpc) is 2.86. The normalized spacial score (nSPS) is 33.8. The highest BCUT2D eigenvalue weighted by Gasteiger charge is 2.43. The van der Waals surface area contributed by atoms with Crippen LogP contribution in [0, 0.1) is 17.8 Å². The molecule has 2 rings (SSSR count). The second-order valence-electron chi connectivity index (χ2n) is 5.47. The Labute approximate surface area is 98.1 Å². The van der Waals surface area contributed by atoms with E-state index in [2.05, 4.69) is 13.5 Å². The van der Waals surface area contributed by atoms with E-state index < -0.39 is 0 Å². The van der Waals surface area contributed by atoms with Crippen LogP contribution in [0.1, 0.15) is 46.0 Å². The Balaban J connectivity index is 1.95. The minimum atomic E-state index is -0.213. The van der Waals surface area contributed by atoms with Crippen LogP contribution in [0.2, 0.25) is 0 Å². The average molecular weight is 222 g/mol. The van der Waals surface area contributed by atoms with Gasteiger partial charge in [-0.15, -0.1) is 0 Å². The monoisotopic (exact) mass is 222 g/mol. The zero-order valence-electron chi connectivity index (χ0n) is 10.4. The van der Waals surface area contributed by atoms with Crippen molar-refractivity contribution >= 4 is 5.97 Å². The van der Waals surface area contributed by atoms with Gasteiger partial charge in [0.05, 0.1) is 0 Å². The van der Waals surface area contributed by atoms with E-state index in [4.69, 9.17) is 4.74 Å². The van der Waals surface area contributed by atoms with Gasteiger partial charge in [0.1, 0.15) is 6.10 Å². The lowest BCUT2D eigenvalue weighted by molar-refractivity contribution is -0.148. The van der Waals surface area contributed by atoms with Crippen LogP contribution < -0.4 is 0 Å². The Bertz CT molecular complexity index is 295. The molecule has 0 amide bonds. The highest BCUT2D eigenvalue weighted by molar-refractivity contribution is 5.87. The number of carbonyl (C=O) groups is 1. The maximum Gasteiger partial charge on any atom is 0.333 e. The molecule has 4 unspecified atom stereocenters. The van der Waals surface area contributed by atoms with Crippen LogP contribution in [-0.2, 0) is 9.53 Å². The maximum atomic E-state index is 11.6. The zero-order chi connectivity index (χ0) is 11.7. The molecule has 2 fully saturated rings. The summed E-state index contributed by atoms with van der Waals surface area (Å²) < 4.78 is 5.56. The number of rotatable bonds is 4. The Kier molecular flexibility index (Phi) is 3.36. The van der Waals surface area contributed by atoms with Gasteiger partial charge < -0.3 is 4.74 Å². The third-order valence-electron chi connectivity index (χ3n) is 4.28. The summed E-state index contributed by atoms with van der Waals surface area (Å²) in [5.74, 6) is 2.13. The number of carbonyl (C=O) groups excluding carboxylic acids is 1. The molecule has 0 aromatic heterocycles. The van der Waals surface area contributed by atoms with Crippen molar-refractivity contribution in [2.75, 3.05) is 0 Å². The molecular weight excluding hydrogens is 200 g/mol. The Morgan fingerprint density at radius 2 is 2.19 bits per heavy atom. The first-order chi connectivity index (χ1) is 7.61. The minimum absolute atomic E-state index is 0.125. The number of hydrogen-bond donors (Lipinski definition) is 0. The standard InChI is InChI=1S/C14H22O2/c1-4-13(16-14(15)9(2)3)12-8-10-5-6-11(12)7-10/h10-13H,2,4-8H2,1,3H3. The molecule has 90 valence electrons. The van der Waals surface area contributed by atoms with Gasteiger partial charge >= 0.3 is 5.97 Å².